The van der Waals surface area contributed by atoms with Crippen molar-refractivity contribution in [2.24, 2.45) is 0 Å². The molecule has 7 nitrogen and oxygen atoms in total. The van der Waals surface area contributed by atoms with Crippen molar-refractivity contribution in [1.82, 2.24) is 20.2 Å². The molecule has 0 spiro atoms. The molecule has 0 radical (unpaired) electrons. The third-order valence-corrected chi connectivity index (χ3v) is 4.00. The molecule has 124 valence electrons. The van der Waals surface area contributed by atoms with Crippen molar-refractivity contribution in [1.29, 1.82) is 0 Å². The van der Waals surface area contributed by atoms with E-state index in [1.54, 1.807) is 30.5 Å². The van der Waals surface area contributed by atoms with Crippen LogP contribution in [-0.2, 0) is 11.2 Å². The Balaban J connectivity index is 1.51. The van der Waals surface area contributed by atoms with E-state index >= 15 is 0 Å². The van der Waals surface area contributed by atoms with Crippen LogP contribution in [0, 0.1) is 0 Å². The zero-order valence-corrected chi connectivity index (χ0v) is 13.8. The van der Waals surface area contributed by atoms with Gasteiger partial charge in [0, 0.05) is 23.3 Å². The minimum absolute atomic E-state index is 0.0952. The van der Waals surface area contributed by atoms with Crippen LogP contribution in [0.3, 0.4) is 0 Å². The summed E-state index contributed by atoms with van der Waals surface area (Å²) in [4.78, 5) is 29.0. The van der Waals surface area contributed by atoms with Gasteiger partial charge in [-0.25, -0.2) is 4.98 Å². The fourth-order valence-electron chi connectivity index (χ4n) is 2.14. The van der Waals surface area contributed by atoms with Crippen molar-refractivity contribution >= 4 is 28.1 Å². The molecule has 2 heterocycles. The van der Waals surface area contributed by atoms with Crippen LogP contribution in [0.4, 0.5) is 0 Å². The SMILES string of the molecule is CCOc1ccc(C(=O)NNC(=O)Cc2cn3ccsc3n2)cc1. The number of thiazole rings is 1. The van der Waals surface area contributed by atoms with Gasteiger partial charge in [-0.1, -0.05) is 0 Å². The molecule has 2 aromatic heterocycles. The Morgan fingerprint density at radius 2 is 2.04 bits per heavy atom. The lowest BCUT2D eigenvalue weighted by atomic mass is 10.2. The molecule has 2 amide bonds. The Kier molecular flexibility index (Phi) is 4.76. The fourth-order valence-corrected chi connectivity index (χ4v) is 2.86. The molecular formula is C16H16N4O3S. The molecule has 1 aromatic carbocycles. The minimum atomic E-state index is -0.391. The average Bonchev–Trinajstić information content (AvgIpc) is 3.15. The van der Waals surface area contributed by atoms with Crippen molar-refractivity contribution in [2.75, 3.05) is 6.61 Å². The average molecular weight is 344 g/mol. The van der Waals surface area contributed by atoms with E-state index in [1.807, 2.05) is 22.9 Å². The van der Waals surface area contributed by atoms with Crippen molar-refractivity contribution in [3.63, 3.8) is 0 Å². The van der Waals surface area contributed by atoms with E-state index < -0.39 is 5.91 Å². The molecule has 0 aliphatic carbocycles. The van der Waals surface area contributed by atoms with Gasteiger partial charge in [0.25, 0.3) is 5.91 Å². The van der Waals surface area contributed by atoms with E-state index in [9.17, 15) is 9.59 Å². The smallest absolute Gasteiger partial charge is 0.269 e. The Hall–Kier alpha value is -2.87. The number of carbonyl (C=O) groups is 2. The van der Waals surface area contributed by atoms with E-state index in [0.29, 0.717) is 23.6 Å². The van der Waals surface area contributed by atoms with Crippen LogP contribution in [-0.4, -0.2) is 27.8 Å². The first-order chi connectivity index (χ1) is 11.7. The minimum Gasteiger partial charge on any atom is -0.494 e. The highest BCUT2D eigenvalue weighted by Gasteiger charge is 2.10. The molecule has 0 unspecified atom stereocenters. The third-order valence-electron chi connectivity index (χ3n) is 3.23. The highest BCUT2D eigenvalue weighted by Crippen LogP contribution is 2.12. The number of hydrogen-bond donors (Lipinski definition) is 2. The molecule has 8 heteroatoms. The number of benzene rings is 1. The Morgan fingerprint density at radius 1 is 1.25 bits per heavy atom. The summed E-state index contributed by atoms with van der Waals surface area (Å²) in [5, 5.41) is 1.92. The number of nitrogens with zero attached hydrogens (tertiary/aromatic N) is 2. The van der Waals surface area contributed by atoms with Crippen LogP contribution in [0.25, 0.3) is 4.96 Å². The second-order valence-corrected chi connectivity index (χ2v) is 5.83. The number of ether oxygens (including phenoxy) is 1. The maximum Gasteiger partial charge on any atom is 0.269 e. The second-order valence-electron chi connectivity index (χ2n) is 4.96. The van der Waals surface area contributed by atoms with E-state index in [-0.39, 0.29) is 12.3 Å². The third kappa shape index (κ3) is 3.72. The predicted molar refractivity (Wildman–Crippen MR) is 90.0 cm³/mol. The van der Waals surface area contributed by atoms with Crippen LogP contribution in [0.15, 0.2) is 42.0 Å². The van der Waals surface area contributed by atoms with Gasteiger partial charge in [0.1, 0.15) is 5.75 Å². The molecule has 3 aromatic rings. The number of amides is 2. The lowest BCUT2D eigenvalue weighted by molar-refractivity contribution is -0.121. The number of fused-ring (bicyclic) bond motifs is 1. The van der Waals surface area contributed by atoms with Gasteiger partial charge in [0.05, 0.1) is 18.7 Å². The molecule has 0 atom stereocenters. The van der Waals surface area contributed by atoms with Crippen molar-refractivity contribution in [2.45, 2.75) is 13.3 Å². The van der Waals surface area contributed by atoms with Crippen LogP contribution >= 0.6 is 11.3 Å². The maximum atomic E-state index is 12.0. The lowest BCUT2D eigenvalue weighted by Gasteiger charge is -2.07. The van der Waals surface area contributed by atoms with Crippen LogP contribution in [0.1, 0.15) is 23.0 Å². The Bertz CT molecular complexity index is 825. The van der Waals surface area contributed by atoms with E-state index in [0.717, 1.165) is 4.96 Å². The van der Waals surface area contributed by atoms with Gasteiger partial charge < -0.3 is 4.74 Å². The molecule has 0 saturated carbocycles. The maximum absolute atomic E-state index is 12.0. The zero-order chi connectivity index (χ0) is 16.9. The van der Waals surface area contributed by atoms with Crippen molar-refractivity contribution < 1.29 is 14.3 Å². The standard InChI is InChI=1S/C16H16N4O3S/c1-2-23-13-5-3-11(4-6-13)15(22)19-18-14(21)9-12-10-20-7-8-24-16(20)17-12/h3-8,10H,2,9H2,1H3,(H,18,21)(H,19,22). The fraction of sp³-hybridized carbons (Fsp3) is 0.188. The molecule has 0 aliphatic rings. The summed E-state index contributed by atoms with van der Waals surface area (Å²) in [6, 6.07) is 6.68. The van der Waals surface area contributed by atoms with Gasteiger partial charge in [-0.2, -0.15) is 0 Å². The van der Waals surface area contributed by atoms with Gasteiger partial charge in [-0.3, -0.25) is 24.8 Å². The lowest BCUT2D eigenvalue weighted by Crippen LogP contribution is -2.42. The normalized spacial score (nSPS) is 10.5. The number of nitrogens with one attached hydrogen (secondary N) is 2. The topological polar surface area (TPSA) is 84.7 Å². The monoisotopic (exact) mass is 344 g/mol. The molecule has 0 bridgehead atoms. The van der Waals surface area contributed by atoms with Gasteiger partial charge in [-0.05, 0) is 31.2 Å². The molecule has 24 heavy (non-hydrogen) atoms. The molecule has 2 N–H and O–H groups in total. The summed E-state index contributed by atoms with van der Waals surface area (Å²) in [6.45, 7) is 2.45. The van der Waals surface area contributed by atoms with Gasteiger partial charge in [0.2, 0.25) is 5.91 Å². The Morgan fingerprint density at radius 3 is 2.75 bits per heavy atom. The van der Waals surface area contributed by atoms with Crippen molar-refractivity contribution in [3.8, 4) is 5.75 Å². The zero-order valence-electron chi connectivity index (χ0n) is 13.0. The van der Waals surface area contributed by atoms with Crippen molar-refractivity contribution in [3.05, 3.63) is 53.3 Å². The summed E-state index contributed by atoms with van der Waals surface area (Å²) in [5.74, 6) is -0.0323. The van der Waals surface area contributed by atoms with Crippen LogP contribution < -0.4 is 15.6 Å². The molecule has 0 aliphatic heterocycles. The van der Waals surface area contributed by atoms with E-state index in [1.165, 1.54) is 11.3 Å². The number of carbonyl (C=O) groups excluding carboxylic acids is 2. The van der Waals surface area contributed by atoms with Crippen LogP contribution in [0.5, 0.6) is 5.75 Å². The summed E-state index contributed by atoms with van der Waals surface area (Å²) in [6.07, 6.45) is 3.76. The summed E-state index contributed by atoms with van der Waals surface area (Å²) < 4.78 is 7.17. The molecule has 0 saturated heterocycles. The van der Waals surface area contributed by atoms with Gasteiger partial charge in [0.15, 0.2) is 4.96 Å². The number of rotatable bonds is 5. The highest BCUT2D eigenvalue weighted by atomic mass is 32.1. The first-order valence-electron chi connectivity index (χ1n) is 7.39. The first-order valence-corrected chi connectivity index (χ1v) is 8.27. The quantitative estimate of drug-likeness (QED) is 0.691. The first kappa shape index (κ1) is 16.0. The summed E-state index contributed by atoms with van der Waals surface area (Å²) in [7, 11) is 0. The molecule has 0 fully saturated rings. The number of aromatic nitrogens is 2. The van der Waals surface area contributed by atoms with Gasteiger partial charge in [-0.15, -0.1) is 11.3 Å². The Labute approximate surface area is 142 Å². The summed E-state index contributed by atoms with van der Waals surface area (Å²) in [5.41, 5.74) is 5.86. The summed E-state index contributed by atoms with van der Waals surface area (Å²) >= 11 is 1.50. The van der Waals surface area contributed by atoms with E-state index in [4.69, 9.17) is 4.74 Å². The largest absolute Gasteiger partial charge is 0.494 e. The highest BCUT2D eigenvalue weighted by molar-refractivity contribution is 7.15. The number of hydrogen-bond acceptors (Lipinski definition) is 5. The van der Waals surface area contributed by atoms with E-state index in [2.05, 4.69) is 15.8 Å². The van der Waals surface area contributed by atoms with Gasteiger partial charge >= 0.3 is 0 Å². The predicted octanol–water partition coefficient (Wildman–Crippen LogP) is 1.80. The molecular weight excluding hydrogens is 328 g/mol. The number of imidazole rings is 1. The number of hydrazine groups is 1. The van der Waals surface area contributed by atoms with Crippen LogP contribution in [0.2, 0.25) is 0 Å². The molecule has 3 rings (SSSR count). The second kappa shape index (κ2) is 7.14.